The molecule has 0 spiro atoms. The standard InChI is InChI=1S/C12H14F3N3O3/c1-7(19)8-2-3-17(6-8)9-4-11(12(13,14)15)16-5-10(9)18(20)21/h4-5,7-8,19H,2-3,6H2,1H3. The summed E-state index contributed by atoms with van der Waals surface area (Å²) in [5.41, 5.74) is -1.73. The van der Waals surface area contributed by atoms with E-state index in [1.54, 1.807) is 6.92 Å². The molecule has 0 aromatic carbocycles. The molecular weight excluding hydrogens is 291 g/mol. The first-order chi connectivity index (χ1) is 9.70. The van der Waals surface area contributed by atoms with Crippen molar-refractivity contribution in [1.29, 1.82) is 0 Å². The first-order valence-corrected chi connectivity index (χ1v) is 6.34. The number of anilines is 1. The molecule has 0 saturated carbocycles. The third-order valence-corrected chi connectivity index (χ3v) is 3.60. The van der Waals surface area contributed by atoms with Gasteiger partial charge in [-0.25, -0.2) is 4.98 Å². The number of aliphatic hydroxyl groups is 1. The van der Waals surface area contributed by atoms with Crippen molar-refractivity contribution in [3.8, 4) is 0 Å². The zero-order chi connectivity index (χ0) is 15.8. The molecule has 0 bridgehead atoms. The van der Waals surface area contributed by atoms with Gasteiger partial charge >= 0.3 is 11.9 Å². The molecule has 1 aliphatic heterocycles. The lowest BCUT2D eigenvalue weighted by molar-refractivity contribution is -0.384. The highest BCUT2D eigenvalue weighted by atomic mass is 19.4. The molecule has 6 nitrogen and oxygen atoms in total. The van der Waals surface area contributed by atoms with Crippen molar-refractivity contribution in [3.63, 3.8) is 0 Å². The predicted octanol–water partition coefficient (Wildman–Crippen LogP) is 2.22. The van der Waals surface area contributed by atoms with Gasteiger partial charge in [0, 0.05) is 19.0 Å². The summed E-state index contributed by atoms with van der Waals surface area (Å²) < 4.78 is 38.1. The molecule has 2 unspecified atom stereocenters. The minimum absolute atomic E-state index is 0.106. The lowest BCUT2D eigenvalue weighted by Gasteiger charge is -2.20. The van der Waals surface area contributed by atoms with Crippen molar-refractivity contribution in [2.24, 2.45) is 5.92 Å². The average Bonchev–Trinajstić information content (AvgIpc) is 2.86. The Morgan fingerprint density at radius 3 is 2.71 bits per heavy atom. The van der Waals surface area contributed by atoms with Crippen molar-refractivity contribution in [2.75, 3.05) is 18.0 Å². The average molecular weight is 305 g/mol. The maximum Gasteiger partial charge on any atom is 0.433 e. The number of hydrogen-bond acceptors (Lipinski definition) is 5. The van der Waals surface area contributed by atoms with Gasteiger partial charge in [0.05, 0.1) is 11.0 Å². The van der Waals surface area contributed by atoms with E-state index < -0.39 is 28.6 Å². The van der Waals surface area contributed by atoms with Crippen LogP contribution in [-0.4, -0.2) is 34.2 Å². The second-order valence-corrected chi connectivity index (χ2v) is 5.05. The Balaban J connectivity index is 2.38. The van der Waals surface area contributed by atoms with Crippen LogP contribution in [0.5, 0.6) is 0 Å². The van der Waals surface area contributed by atoms with Crippen LogP contribution in [0.2, 0.25) is 0 Å². The van der Waals surface area contributed by atoms with Crippen LogP contribution in [0.4, 0.5) is 24.5 Å². The Morgan fingerprint density at radius 2 is 2.24 bits per heavy atom. The highest BCUT2D eigenvalue weighted by Crippen LogP contribution is 2.37. The van der Waals surface area contributed by atoms with Gasteiger partial charge in [0.25, 0.3) is 0 Å². The number of hydrogen-bond donors (Lipinski definition) is 1. The number of aliphatic hydroxyl groups excluding tert-OH is 1. The van der Waals surface area contributed by atoms with Crippen LogP contribution in [0, 0.1) is 16.0 Å². The zero-order valence-electron chi connectivity index (χ0n) is 11.2. The Bertz CT molecular complexity index is 548. The molecule has 1 saturated heterocycles. The van der Waals surface area contributed by atoms with Crippen molar-refractivity contribution in [3.05, 3.63) is 28.1 Å². The smallest absolute Gasteiger partial charge is 0.393 e. The van der Waals surface area contributed by atoms with E-state index in [-0.39, 0.29) is 18.2 Å². The van der Waals surface area contributed by atoms with E-state index in [1.807, 2.05) is 0 Å². The zero-order valence-corrected chi connectivity index (χ0v) is 11.2. The Morgan fingerprint density at radius 1 is 1.57 bits per heavy atom. The van der Waals surface area contributed by atoms with E-state index in [1.165, 1.54) is 4.90 Å². The second kappa shape index (κ2) is 5.47. The van der Waals surface area contributed by atoms with Gasteiger partial charge in [-0.3, -0.25) is 10.1 Å². The van der Waals surface area contributed by atoms with Crippen LogP contribution >= 0.6 is 0 Å². The fraction of sp³-hybridized carbons (Fsp3) is 0.583. The van der Waals surface area contributed by atoms with E-state index >= 15 is 0 Å². The first kappa shape index (κ1) is 15.5. The molecule has 116 valence electrons. The third kappa shape index (κ3) is 3.23. The van der Waals surface area contributed by atoms with E-state index in [4.69, 9.17) is 0 Å². The highest BCUT2D eigenvalue weighted by Gasteiger charge is 2.36. The van der Waals surface area contributed by atoms with Crippen LogP contribution in [-0.2, 0) is 6.18 Å². The lowest BCUT2D eigenvalue weighted by atomic mass is 10.0. The predicted molar refractivity (Wildman–Crippen MR) is 67.9 cm³/mol. The SMILES string of the molecule is CC(O)C1CCN(c2cc(C(F)(F)F)ncc2[N+](=O)[O-])C1. The van der Waals surface area contributed by atoms with Crippen LogP contribution < -0.4 is 4.90 Å². The summed E-state index contributed by atoms with van der Waals surface area (Å²) in [4.78, 5) is 14.8. The molecule has 1 aliphatic rings. The monoisotopic (exact) mass is 305 g/mol. The molecule has 1 aromatic rings. The molecule has 1 aromatic heterocycles. The van der Waals surface area contributed by atoms with Gasteiger partial charge in [0.15, 0.2) is 0 Å². The first-order valence-electron chi connectivity index (χ1n) is 6.34. The van der Waals surface area contributed by atoms with Gasteiger partial charge in [-0.15, -0.1) is 0 Å². The van der Waals surface area contributed by atoms with Crippen LogP contribution in [0.3, 0.4) is 0 Å². The molecule has 0 amide bonds. The Labute approximate surface area is 118 Å². The van der Waals surface area contributed by atoms with Crippen LogP contribution in [0.1, 0.15) is 19.0 Å². The summed E-state index contributed by atoms with van der Waals surface area (Å²) in [6, 6.07) is 0.697. The summed E-state index contributed by atoms with van der Waals surface area (Å²) in [5, 5.41) is 20.5. The van der Waals surface area contributed by atoms with Gasteiger partial charge in [-0.2, -0.15) is 13.2 Å². The Hall–Kier alpha value is -1.90. The molecule has 0 aliphatic carbocycles. The van der Waals surface area contributed by atoms with Crippen molar-refractivity contribution < 1.29 is 23.2 Å². The third-order valence-electron chi connectivity index (χ3n) is 3.60. The van der Waals surface area contributed by atoms with Crippen molar-refractivity contribution in [2.45, 2.75) is 25.6 Å². The lowest BCUT2D eigenvalue weighted by Crippen LogP contribution is -2.25. The molecule has 2 atom stereocenters. The van der Waals surface area contributed by atoms with Gasteiger partial charge in [0.2, 0.25) is 0 Å². The molecule has 2 heterocycles. The van der Waals surface area contributed by atoms with E-state index in [9.17, 15) is 28.4 Å². The van der Waals surface area contributed by atoms with Gasteiger partial charge < -0.3 is 10.0 Å². The molecule has 1 fully saturated rings. The molecule has 21 heavy (non-hydrogen) atoms. The number of halogens is 3. The number of pyridine rings is 1. The van der Waals surface area contributed by atoms with Crippen molar-refractivity contribution in [1.82, 2.24) is 4.98 Å². The fourth-order valence-electron chi connectivity index (χ4n) is 2.39. The minimum Gasteiger partial charge on any atom is -0.393 e. The fourth-order valence-corrected chi connectivity index (χ4v) is 2.39. The summed E-state index contributed by atoms with van der Waals surface area (Å²) >= 11 is 0. The van der Waals surface area contributed by atoms with Crippen LogP contribution in [0.25, 0.3) is 0 Å². The van der Waals surface area contributed by atoms with Crippen LogP contribution in [0.15, 0.2) is 12.3 Å². The quantitative estimate of drug-likeness (QED) is 0.684. The Kier molecular flexibility index (Phi) is 4.04. The number of rotatable bonds is 3. The molecule has 9 heteroatoms. The number of nitro groups is 1. The van der Waals surface area contributed by atoms with Gasteiger partial charge in [-0.05, 0) is 19.4 Å². The second-order valence-electron chi connectivity index (χ2n) is 5.05. The largest absolute Gasteiger partial charge is 0.433 e. The molecule has 0 radical (unpaired) electrons. The molecular formula is C12H14F3N3O3. The normalized spacial score (nSPS) is 20.6. The number of alkyl halides is 3. The maximum absolute atomic E-state index is 12.7. The topological polar surface area (TPSA) is 79.5 Å². The summed E-state index contributed by atoms with van der Waals surface area (Å²) in [7, 11) is 0. The van der Waals surface area contributed by atoms with E-state index in [0.29, 0.717) is 25.2 Å². The minimum atomic E-state index is -4.66. The van der Waals surface area contributed by atoms with E-state index in [2.05, 4.69) is 4.98 Å². The number of nitrogens with zero attached hydrogens (tertiary/aromatic N) is 3. The summed E-state index contributed by atoms with van der Waals surface area (Å²) in [6.07, 6.45) is -4.07. The molecule has 2 rings (SSSR count). The van der Waals surface area contributed by atoms with Gasteiger partial charge in [0.1, 0.15) is 17.6 Å². The summed E-state index contributed by atoms with van der Waals surface area (Å²) in [6.45, 7) is 2.23. The highest BCUT2D eigenvalue weighted by molar-refractivity contribution is 5.63. The van der Waals surface area contributed by atoms with E-state index in [0.717, 1.165) is 0 Å². The molecule has 1 N–H and O–H groups in total. The number of aromatic nitrogens is 1. The summed E-state index contributed by atoms with van der Waals surface area (Å²) in [5.74, 6) is -0.118. The maximum atomic E-state index is 12.7. The van der Waals surface area contributed by atoms with Crippen molar-refractivity contribution >= 4 is 11.4 Å². The van der Waals surface area contributed by atoms with Gasteiger partial charge in [-0.1, -0.05) is 0 Å².